The molecule has 0 spiro atoms. The molecule has 0 fully saturated rings. The molecule has 0 atom stereocenters. The van der Waals surface area contributed by atoms with E-state index in [4.69, 9.17) is 14.6 Å². The van der Waals surface area contributed by atoms with E-state index in [-0.39, 0.29) is 47.5 Å². The molecule has 36 heavy (non-hydrogen) atoms. The van der Waals surface area contributed by atoms with Crippen LogP contribution in [0.2, 0.25) is 0 Å². The van der Waals surface area contributed by atoms with Gasteiger partial charge in [-0.15, -0.1) is 0 Å². The van der Waals surface area contributed by atoms with E-state index in [0.29, 0.717) is 42.9 Å². The Kier molecular flexibility index (Phi) is 12.3. The third-order valence-electron chi connectivity index (χ3n) is 5.80. The first-order valence-electron chi connectivity index (χ1n) is 12.1. The molecular formula is C29H34FNaO5. The van der Waals surface area contributed by atoms with E-state index in [1.165, 1.54) is 12.1 Å². The van der Waals surface area contributed by atoms with Gasteiger partial charge in [-0.3, -0.25) is 4.79 Å². The Balaban J connectivity index is 0.00000456. The summed E-state index contributed by atoms with van der Waals surface area (Å²) in [5.74, 6) is 0.312. The summed E-state index contributed by atoms with van der Waals surface area (Å²) in [5.41, 5.74) is 4.25. The Labute approximate surface area is 234 Å². The minimum atomic E-state index is -0.819. The number of phenolic OH excluding ortho intramolecular Hbond substituents is 1. The average molecular weight is 505 g/mol. The molecule has 7 heteroatoms. The molecule has 0 bridgehead atoms. The number of hydrogen-bond acceptors (Lipinski definition) is 4. The van der Waals surface area contributed by atoms with Crippen molar-refractivity contribution in [2.45, 2.75) is 52.4 Å². The van der Waals surface area contributed by atoms with Crippen molar-refractivity contribution >= 4 is 35.5 Å². The standard InChI is InChI=1S/C29H33FO5.Na.H/c1-3-6-22-9-7-20(8-16-27(32)33)19-26(22)34-17-5-18-35-29-21(4-2)12-15-25(31)28(29)23-10-13-24(30)14-11-23;;/h7,9-15,19,31H,3-6,8,16-18H2,1-2H3,(H,32,33);;. The molecule has 3 rings (SSSR count). The first kappa shape index (κ1) is 29.7. The van der Waals surface area contributed by atoms with Crippen molar-refractivity contribution in [3.05, 3.63) is 77.1 Å². The van der Waals surface area contributed by atoms with E-state index in [1.54, 1.807) is 18.2 Å². The van der Waals surface area contributed by atoms with E-state index >= 15 is 0 Å². The van der Waals surface area contributed by atoms with Crippen molar-refractivity contribution in [2.24, 2.45) is 0 Å². The van der Waals surface area contributed by atoms with Gasteiger partial charge in [0.15, 0.2) is 0 Å². The van der Waals surface area contributed by atoms with Crippen molar-refractivity contribution in [1.82, 2.24) is 0 Å². The van der Waals surface area contributed by atoms with Crippen LogP contribution in [0.5, 0.6) is 17.2 Å². The van der Waals surface area contributed by atoms with Crippen LogP contribution in [0.1, 0.15) is 49.8 Å². The zero-order valence-corrected chi connectivity index (χ0v) is 20.4. The van der Waals surface area contributed by atoms with Gasteiger partial charge in [-0.05, 0) is 65.8 Å². The Hall–Kier alpha value is -2.54. The van der Waals surface area contributed by atoms with Gasteiger partial charge in [-0.25, -0.2) is 4.39 Å². The van der Waals surface area contributed by atoms with Crippen LogP contribution in [-0.4, -0.2) is 59.0 Å². The molecule has 0 aliphatic rings. The summed E-state index contributed by atoms with van der Waals surface area (Å²) < 4.78 is 25.6. The fraction of sp³-hybridized carbons (Fsp3) is 0.345. The zero-order valence-electron chi connectivity index (χ0n) is 20.4. The van der Waals surface area contributed by atoms with Crippen LogP contribution in [0.25, 0.3) is 11.1 Å². The molecule has 3 aromatic carbocycles. The van der Waals surface area contributed by atoms with Crippen LogP contribution in [0.3, 0.4) is 0 Å². The van der Waals surface area contributed by atoms with Gasteiger partial charge in [0.05, 0.1) is 18.8 Å². The Morgan fingerprint density at radius 3 is 2.28 bits per heavy atom. The second kappa shape index (κ2) is 14.9. The van der Waals surface area contributed by atoms with Crippen LogP contribution in [-0.2, 0) is 24.1 Å². The Bertz CT molecular complexity index is 1130. The first-order valence-corrected chi connectivity index (χ1v) is 12.1. The van der Waals surface area contributed by atoms with Crippen LogP contribution < -0.4 is 9.47 Å². The topological polar surface area (TPSA) is 76.0 Å². The number of aryl methyl sites for hydroxylation is 3. The van der Waals surface area contributed by atoms with Gasteiger partial charge in [0.2, 0.25) is 0 Å². The minimum absolute atomic E-state index is 0. The number of rotatable bonds is 13. The van der Waals surface area contributed by atoms with Crippen LogP contribution in [0, 0.1) is 5.82 Å². The molecule has 0 aromatic heterocycles. The summed E-state index contributed by atoms with van der Waals surface area (Å²) in [4.78, 5) is 10.9. The summed E-state index contributed by atoms with van der Waals surface area (Å²) in [6, 6.07) is 15.4. The summed E-state index contributed by atoms with van der Waals surface area (Å²) in [5, 5.41) is 19.5. The summed E-state index contributed by atoms with van der Waals surface area (Å²) in [6.07, 6.45) is 3.76. The predicted octanol–water partition coefficient (Wildman–Crippen LogP) is 5.93. The number of aliphatic carboxylic acids is 1. The Morgan fingerprint density at radius 1 is 0.917 bits per heavy atom. The number of ether oxygens (including phenoxy) is 2. The number of carboxylic acids is 1. The zero-order chi connectivity index (χ0) is 25.2. The first-order chi connectivity index (χ1) is 16.9. The van der Waals surface area contributed by atoms with Gasteiger partial charge in [-0.2, -0.15) is 0 Å². The number of halogens is 1. The van der Waals surface area contributed by atoms with Gasteiger partial charge < -0.3 is 19.7 Å². The summed E-state index contributed by atoms with van der Waals surface area (Å²) >= 11 is 0. The molecule has 0 aliphatic carbocycles. The van der Waals surface area contributed by atoms with E-state index in [2.05, 4.69) is 6.92 Å². The molecule has 0 saturated carbocycles. The fourth-order valence-electron chi connectivity index (χ4n) is 3.99. The van der Waals surface area contributed by atoms with Crippen molar-refractivity contribution in [2.75, 3.05) is 13.2 Å². The molecule has 0 saturated heterocycles. The van der Waals surface area contributed by atoms with E-state index < -0.39 is 5.97 Å². The summed E-state index contributed by atoms with van der Waals surface area (Å²) in [7, 11) is 0. The van der Waals surface area contributed by atoms with Crippen molar-refractivity contribution in [1.29, 1.82) is 0 Å². The second-order valence-corrected chi connectivity index (χ2v) is 8.44. The van der Waals surface area contributed by atoms with Crippen molar-refractivity contribution in [3.63, 3.8) is 0 Å². The SMILES string of the molecule is CCCc1ccc(CCC(=O)O)cc1OCCCOc1c(CC)ccc(O)c1-c1ccc(F)cc1.[NaH]. The number of hydrogen-bond donors (Lipinski definition) is 2. The van der Waals surface area contributed by atoms with E-state index in [0.717, 1.165) is 41.7 Å². The number of carbonyl (C=O) groups is 1. The maximum absolute atomic E-state index is 13.4. The molecule has 0 radical (unpaired) electrons. The maximum atomic E-state index is 13.4. The van der Waals surface area contributed by atoms with Crippen LogP contribution in [0.15, 0.2) is 54.6 Å². The van der Waals surface area contributed by atoms with Gasteiger partial charge >= 0.3 is 35.5 Å². The number of aromatic hydroxyl groups is 1. The fourth-order valence-corrected chi connectivity index (χ4v) is 3.99. The Morgan fingerprint density at radius 2 is 1.61 bits per heavy atom. The van der Waals surface area contributed by atoms with E-state index in [9.17, 15) is 14.3 Å². The number of benzene rings is 3. The third-order valence-corrected chi connectivity index (χ3v) is 5.80. The average Bonchev–Trinajstić information content (AvgIpc) is 2.84. The normalized spacial score (nSPS) is 10.5. The number of phenols is 1. The molecule has 2 N–H and O–H groups in total. The molecule has 188 valence electrons. The predicted molar refractivity (Wildman–Crippen MR) is 142 cm³/mol. The van der Waals surface area contributed by atoms with Crippen LogP contribution >= 0.6 is 0 Å². The summed E-state index contributed by atoms with van der Waals surface area (Å²) in [6.45, 7) is 4.94. The number of carboxylic acid groups (broad SMARTS) is 1. The molecular weight excluding hydrogens is 470 g/mol. The van der Waals surface area contributed by atoms with Gasteiger partial charge in [0, 0.05) is 12.8 Å². The molecule has 0 unspecified atom stereocenters. The van der Waals surface area contributed by atoms with E-state index in [1.807, 2.05) is 31.2 Å². The molecule has 0 amide bonds. The molecule has 5 nitrogen and oxygen atoms in total. The quantitative estimate of drug-likeness (QED) is 0.223. The third kappa shape index (κ3) is 8.26. The molecule has 3 aromatic rings. The molecule has 0 heterocycles. The molecule has 0 aliphatic heterocycles. The van der Waals surface area contributed by atoms with Crippen LogP contribution in [0.4, 0.5) is 4.39 Å². The van der Waals surface area contributed by atoms with Gasteiger partial charge in [0.1, 0.15) is 23.1 Å². The van der Waals surface area contributed by atoms with Crippen molar-refractivity contribution < 1.29 is 28.9 Å². The van der Waals surface area contributed by atoms with Crippen molar-refractivity contribution in [3.8, 4) is 28.4 Å². The van der Waals surface area contributed by atoms with Gasteiger partial charge in [0.25, 0.3) is 0 Å². The monoisotopic (exact) mass is 504 g/mol. The van der Waals surface area contributed by atoms with Gasteiger partial charge in [-0.1, -0.05) is 50.6 Å². The second-order valence-electron chi connectivity index (χ2n) is 8.44.